The first-order chi connectivity index (χ1) is 11.7. The van der Waals surface area contributed by atoms with Crippen LogP contribution >= 0.6 is 0 Å². The van der Waals surface area contributed by atoms with E-state index in [9.17, 15) is 13.2 Å². The highest BCUT2D eigenvalue weighted by atomic mass is 19.4. The predicted octanol–water partition coefficient (Wildman–Crippen LogP) is 4.11. The number of nitrogen functional groups attached to an aromatic ring is 2. The van der Waals surface area contributed by atoms with Crippen LogP contribution in [0.5, 0.6) is 0 Å². The predicted molar refractivity (Wildman–Crippen MR) is 95.6 cm³/mol. The van der Waals surface area contributed by atoms with Gasteiger partial charge in [-0.25, -0.2) is 5.01 Å². The summed E-state index contributed by atoms with van der Waals surface area (Å²) < 4.78 is 38.9. The van der Waals surface area contributed by atoms with E-state index in [0.717, 1.165) is 17.8 Å². The molecule has 0 radical (unpaired) electrons. The number of benzene rings is 2. The molecule has 0 aliphatic rings. The molecule has 2 rings (SSSR count). The molecule has 0 aromatic heterocycles. The van der Waals surface area contributed by atoms with Gasteiger partial charge in [0.2, 0.25) is 0 Å². The zero-order valence-electron chi connectivity index (χ0n) is 13.9. The van der Waals surface area contributed by atoms with Crippen LogP contribution in [0.4, 0.5) is 35.9 Å². The number of para-hydroxylation sites is 1. The minimum atomic E-state index is -4.55. The van der Waals surface area contributed by atoms with Crippen molar-refractivity contribution in [2.45, 2.75) is 20.0 Å². The highest BCUT2D eigenvalue weighted by Crippen LogP contribution is 2.39. The lowest BCUT2D eigenvalue weighted by atomic mass is 10.1. The molecular formula is C17H20F3N5. The Morgan fingerprint density at radius 2 is 1.60 bits per heavy atom. The number of anilines is 4. The van der Waals surface area contributed by atoms with Gasteiger partial charge in [0.05, 0.1) is 22.6 Å². The number of hydrazine groups is 1. The van der Waals surface area contributed by atoms with Gasteiger partial charge in [0.15, 0.2) is 0 Å². The Labute approximate surface area is 144 Å². The molecule has 0 aliphatic heterocycles. The fourth-order valence-electron chi connectivity index (χ4n) is 2.60. The van der Waals surface area contributed by atoms with Crippen LogP contribution in [0.25, 0.3) is 0 Å². The van der Waals surface area contributed by atoms with Crippen molar-refractivity contribution in [2.24, 2.45) is 0 Å². The van der Waals surface area contributed by atoms with Gasteiger partial charge in [0.25, 0.3) is 0 Å². The number of nitrogens with two attached hydrogens (primary N) is 2. The molecule has 0 amide bonds. The van der Waals surface area contributed by atoms with Crippen LogP contribution in [-0.4, -0.2) is 12.4 Å². The van der Waals surface area contributed by atoms with Gasteiger partial charge in [-0.1, -0.05) is 18.2 Å². The summed E-state index contributed by atoms with van der Waals surface area (Å²) in [5, 5.41) is 11.2. The van der Waals surface area contributed by atoms with Gasteiger partial charge in [-0.2, -0.15) is 13.2 Å². The lowest BCUT2D eigenvalue weighted by molar-refractivity contribution is -0.137. The quantitative estimate of drug-likeness (QED) is 0.335. The van der Waals surface area contributed by atoms with Crippen molar-refractivity contribution < 1.29 is 13.2 Å². The van der Waals surface area contributed by atoms with Crippen LogP contribution in [0.2, 0.25) is 0 Å². The van der Waals surface area contributed by atoms with Crippen LogP contribution in [-0.2, 0) is 6.18 Å². The summed E-state index contributed by atoms with van der Waals surface area (Å²) in [5.41, 5.74) is 11.5. The van der Waals surface area contributed by atoms with Gasteiger partial charge in [-0.3, -0.25) is 10.4 Å². The average Bonchev–Trinajstić information content (AvgIpc) is 2.53. The van der Waals surface area contributed by atoms with Crippen molar-refractivity contribution in [1.82, 2.24) is 0 Å². The largest absolute Gasteiger partial charge is 0.416 e. The summed E-state index contributed by atoms with van der Waals surface area (Å²) in [6, 6.07) is 10.8. The molecule has 0 heterocycles. The van der Waals surface area contributed by atoms with E-state index >= 15 is 0 Å². The van der Waals surface area contributed by atoms with Crippen LogP contribution in [0.3, 0.4) is 0 Å². The molecule has 5 N–H and O–H groups in total. The van der Waals surface area contributed by atoms with Crippen molar-refractivity contribution in [1.29, 1.82) is 5.41 Å². The number of nitrogens with zero attached hydrogens (tertiary/aromatic N) is 2. The number of hydrogen-bond donors (Lipinski definition) is 3. The second-order valence-corrected chi connectivity index (χ2v) is 5.45. The first-order valence-corrected chi connectivity index (χ1v) is 7.60. The van der Waals surface area contributed by atoms with Gasteiger partial charge in [-0.05, 0) is 38.1 Å². The van der Waals surface area contributed by atoms with E-state index in [0.29, 0.717) is 6.54 Å². The average molecular weight is 351 g/mol. The minimum absolute atomic E-state index is 0.0730. The Morgan fingerprint density at radius 3 is 2.00 bits per heavy atom. The van der Waals surface area contributed by atoms with E-state index in [1.807, 2.05) is 37.3 Å². The molecule has 0 aliphatic carbocycles. The van der Waals surface area contributed by atoms with Crippen molar-refractivity contribution in [3.8, 4) is 0 Å². The smallest absolute Gasteiger partial charge is 0.397 e. The monoisotopic (exact) mass is 351 g/mol. The summed E-state index contributed by atoms with van der Waals surface area (Å²) in [7, 11) is 0. The van der Waals surface area contributed by atoms with Crippen LogP contribution in [0.15, 0.2) is 42.5 Å². The summed E-state index contributed by atoms with van der Waals surface area (Å²) in [5.74, 6) is 0.0730. The Kier molecular flexibility index (Phi) is 5.10. The lowest BCUT2D eigenvalue weighted by Crippen LogP contribution is -2.46. The van der Waals surface area contributed by atoms with Gasteiger partial charge in [0, 0.05) is 6.54 Å². The van der Waals surface area contributed by atoms with Gasteiger partial charge in [-0.15, -0.1) is 0 Å². The third-order valence-corrected chi connectivity index (χ3v) is 3.62. The van der Waals surface area contributed by atoms with Gasteiger partial charge >= 0.3 is 6.18 Å². The van der Waals surface area contributed by atoms with Gasteiger partial charge in [0.1, 0.15) is 11.5 Å². The molecule has 0 saturated carbocycles. The maximum atomic E-state index is 13.0. The highest BCUT2D eigenvalue weighted by Gasteiger charge is 2.33. The number of amidine groups is 1. The topological polar surface area (TPSA) is 82.4 Å². The Balaban J connectivity index is 2.60. The second-order valence-electron chi connectivity index (χ2n) is 5.45. The third-order valence-electron chi connectivity index (χ3n) is 3.62. The molecule has 134 valence electrons. The van der Waals surface area contributed by atoms with Crippen molar-refractivity contribution in [3.05, 3.63) is 48.0 Å². The van der Waals surface area contributed by atoms with Crippen molar-refractivity contribution in [3.63, 3.8) is 0 Å². The van der Waals surface area contributed by atoms with Crippen molar-refractivity contribution >= 4 is 28.6 Å². The summed E-state index contributed by atoms with van der Waals surface area (Å²) in [4.78, 5) is 0. The molecule has 0 fully saturated rings. The summed E-state index contributed by atoms with van der Waals surface area (Å²) >= 11 is 0. The van der Waals surface area contributed by atoms with E-state index in [4.69, 9.17) is 16.9 Å². The fraction of sp³-hybridized carbons (Fsp3) is 0.235. The summed E-state index contributed by atoms with van der Waals surface area (Å²) in [6.45, 7) is 3.84. The van der Waals surface area contributed by atoms with E-state index < -0.39 is 11.7 Å². The second kappa shape index (κ2) is 6.92. The zero-order valence-corrected chi connectivity index (χ0v) is 13.9. The maximum Gasteiger partial charge on any atom is 0.416 e. The molecule has 5 nitrogen and oxygen atoms in total. The maximum absolute atomic E-state index is 13.0. The molecule has 2 aromatic carbocycles. The van der Waals surface area contributed by atoms with E-state index in [2.05, 4.69) is 0 Å². The van der Waals surface area contributed by atoms with Crippen LogP contribution < -0.4 is 21.5 Å². The minimum Gasteiger partial charge on any atom is -0.397 e. The molecule has 2 aromatic rings. The molecule has 0 bridgehead atoms. The Morgan fingerprint density at radius 1 is 1.08 bits per heavy atom. The molecule has 25 heavy (non-hydrogen) atoms. The van der Waals surface area contributed by atoms with Gasteiger partial charge < -0.3 is 11.5 Å². The zero-order chi connectivity index (χ0) is 18.8. The van der Waals surface area contributed by atoms with Crippen LogP contribution in [0, 0.1) is 5.41 Å². The number of alkyl halides is 3. The number of rotatable bonds is 4. The lowest BCUT2D eigenvalue weighted by Gasteiger charge is -2.38. The van der Waals surface area contributed by atoms with E-state index in [1.54, 1.807) is 5.01 Å². The molecule has 0 spiro atoms. The normalized spacial score (nSPS) is 11.2. The van der Waals surface area contributed by atoms with Crippen LogP contribution in [0.1, 0.15) is 19.4 Å². The summed E-state index contributed by atoms with van der Waals surface area (Å²) in [6.07, 6.45) is -4.55. The Hall–Kier alpha value is -2.90. The standard InChI is InChI=1S/C17H20F3N5/c1-3-24(13-7-5-4-6-8-13)25(11(2)21)16-14(22)9-12(10-15(16)23)17(18,19)20/h4-10,21H,3,22-23H2,1-2H3. The molecule has 0 saturated heterocycles. The SMILES string of the molecule is CCN(c1ccccc1)N(C(C)=N)c1c(N)cc(C(F)(F)F)cc1N. The molecular weight excluding hydrogens is 331 g/mol. The fourth-order valence-corrected chi connectivity index (χ4v) is 2.60. The molecule has 0 atom stereocenters. The molecule has 0 unspecified atom stereocenters. The number of hydrogen-bond acceptors (Lipinski definition) is 4. The third kappa shape index (κ3) is 3.78. The Bertz CT molecular complexity index is 736. The number of halogens is 3. The first-order valence-electron chi connectivity index (χ1n) is 7.60. The highest BCUT2D eigenvalue weighted by molar-refractivity contribution is 6.02. The van der Waals surface area contributed by atoms with E-state index in [1.165, 1.54) is 11.9 Å². The first kappa shape index (κ1) is 18.4. The van der Waals surface area contributed by atoms with E-state index in [-0.39, 0.29) is 22.9 Å². The number of nitrogens with one attached hydrogen (secondary N) is 1. The molecule has 8 heteroatoms. The van der Waals surface area contributed by atoms with Crippen molar-refractivity contribution in [2.75, 3.05) is 28.0 Å².